The average Bonchev–Trinajstić information content (AvgIpc) is 3.50. The van der Waals surface area contributed by atoms with Crippen molar-refractivity contribution in [3.63, 3.8) is 0 Å². The Morgan fingerprint density at radius 1 is 1.25 bits per heavy atom. The minimum Gasteiger partial charge on any atom is -0.368 e. The molecule has 8 nitrogen and oxygen atoms in total. The lowest BCUT2D eigenvalue weighted by atomic mass is 9.72. The summed E-state index contributed by atoms with van der Waals surface area (Å²) in [6.07, 6.45) is 14.1. The van der Waals surface area contributed by atoms with Crippen LogP contribution in [0.5, 0.6) is 0 Å². The van der Waals surface area contributed by atoms with E-state index in [1.54, 1.807) is 30.7 Å². The van der Waals surface area contributed by atoms with Crippen LogP contribution < -0.4 is 5.32 Å². The van der Waals surface area contributed by atoms with E-state index in [-0.39, 0.29) is 47.1 Å². The summed E-state index contributed by atoms with van der Waals surface area (Å²) in [5, 5.41) is 3.91. The second kappa shape index (κ2) is 12.0. The number of likely N-dealkylation sites (N-methyl/N-ethyl adjacent to an activating group) is 1. The largest absolute Gasteiger partial charge is 0.368 e. The Kier molecular flexibility index (Phi) is 8.25. The van der Waals surface area contributed by atoms with E-state index in [0.29, 0.717) is 24.8 Å². The number of carbonyl (C=O) groups excluding carboxylic acids is 2. The van der Waals surface area contributed by atoms with Gasteiger partial charge < -0.3 is 19.7 Å². The highest BCUT2D eigenvalue weighted by molar-refractivity contribution is 8.00. The number of Topliss-reactive ketones (excluding diaryl/α,β-unsaturated/α-hetero) is 1. The van der Waals surface area contributed by atoms with Crippen molar-refractivity contribution in [1.82, 2.24) is 29.7 Å². The van der Waals surface area contributed by atoms with Gasteiger partial charge in [0.15, 0.2) is 5.78 Å². The predicted octanol–water partition coefficient (Wildman–Crippen LogP) is 3.25. The van der Waals surface area contributed by atoms with Crippen molar-refractivity contribution < 1.29 is 14.0 Å². The molecule has 4 aliphatic rings. The Hall–Kier alpha value is -2.72. The molecule has 2 aliphatic heterocycles. The number of ketones is 1. The molecular weight excluding hydrogens is 527 g/mol. The number of fused-ring (bicyclic) bond motifs is 2. The lowest BCUT2D eigenvalue weighted by Gasteiger charge is -2.59. The third kappa shape index (κ3) is 5.44. The number of hydrogen-bond acceptors (Lipinski definition) is 7. The summed E-state index contributed by atoms with van der Waals surface area (Å²) in [7, 11) is 1.74. The van der Waals surface area contributed by atoms with Gasteiger partial charge in [0.25, 0.3) is 5.91 Å². The Balaban J connectivity index is 1.20. The molecule has 6 rings (SSSR count). The monoisotopic (exact) mass is 566 g/mol. The van der Waals surface area contributed by atoms with Crippen molar-refractivity contribution in [3.8, 4) is 0 Å². The summed E-state index contributed by atoms with van der Waals surface area (Å²) in [5.41, 5.74) is 1.13. The predicted molar refractivity (Wildman–Crippen MR) is 153 cm³/mol. The Bertz CT molecular complexity index is 1210. The van der Waals surface area contributed by atoms with Crippen LogP contribution >= 0.6 is 11.8 Å². The number of pyridine rings is 1. The fourth-order valence-electron chi connectivity index (χ4n) is 7.06. The maximum absolute atomic E-state index is 15.9. The molecule has 4 heterocycles. The molecule has 2 aromatic rings. The first-order valence-electron chi connectivity index (χ1n) is 14.7. The average molecular weight is 567 g/mol. The fraction of sp³-hybridized carbons (Fsp3) is 0.600. The summed E-state index contributed by atoms with van der Waals surface area (Å²) in [4.78, 5) is 39.9. The van der Waals surface area contributed by atoms with E-state index in [2.05, 4.69) is 20.2 Å². The minimum absolute atomic E-state index is 0.0277. The van der Waals surface area contributed by atoms with Gasteiger partial charge in [-0.25, -0.2) is 9.37 Å². The van der Waals surface area contributed by atoms with Crippen LogP contribution in [0.3, 0.4) is 0 Å². The van der Waals surface area contributed by atoms with Gasteiger partial charge in [0.2, 0.25) is 0 Å². The molecule has 1 N–H and O–H groups in total. The van der Waals surface area contributed by atoms with Crippen LogP contribution in [-0.2, 0) is 22.6 Å². The van der Waals surface area contributed by atoms with Gasteiger partial charge in [0.1, 0.15) is 6.17 Å². The molecule has 0 radical (unpaired) electrons. The first kappa shape index (κ1) is 27.4. The Morgan fingerprint density at radius 2 is 2.12 bits per heavy atom. The Morgan fingerprint density at radius 3 is 2.92 bits per heavy atom. The molecule has 2 aromatic heterocycles. The molecule has 0 aromatic carbocycles. The first-order chi connectivity index (χ1) is 19.5. The number of amides is 1. The number of aryl methyl sites for hydroxylation is 1. The summed E-state index contributed by atoms with van der Waals surface area (Å²) in [6.45, 7) is 2.01. The maximum Gasteiger partial charge on any atom is 0.258 e. The van der Waals surface area contributed by atoms with Crippen LogP contribution in [-0.4, -0.2) is 91.0 Å². The lowest BCUT2D eigenvalue weighted by Crippen LogP contribution is -2.70. The molecule has 0 spiro atoms. The highest BCUT2D eigenvalue weighted by Gasteiger charge is 2.57. The Labute approximate surface area is 239 Å². The molecule has 0 bridgehead atoms. The quantitative estimate of drug-likeness (QED) is 0.369. The first-order valence-corrected chi connectivity index (χ1v) is 15.6. The second-order valence-electron chi connectivity index (χ2n) is 11.6. The zero-order valence-electron chi connectivity index (χ0n) is 23.1. The van der Waals surface area contributed by atoms with Crippen LogP contribution in [0.15, 0.2) is 54.9 Å². The van der Waals surface area contributed by atoms with E-state index in [0.717, 1.165) is 37.9 Å². The van der Waals surface area contributed by atoms with Crippen molar-refractivity contribution in [3.05, 3.63) is 60.6 Å². The van der Waals surface area contributed by atoms with E-state index in [1.807, 2.05) is 46.9 Å². The number of halogens is 1. The molecular formula is C30H39FN6O2S. The number of alkyl halides is 1. The van der Waals surface area contributed by atoms with Crippen LogP contribution in [0, 0.1) is 5.92 Å². The summed E-state index contributed by atoms with van der Waals surface area (Å²) >= 11 is 1.90. The lowest BCUT2D eigenvalue weighted by molar-refractivity contribution is -0.133. The minimum atomic E-state index is -1.13. The highest BCUT2D eigenvalue weighted by atomic mass is 32.2. The van der Waals surface area contributed by atoms with Gasteiger partial charge in [0, 0.05) is 79.5 Å². The molecule has 1 amide bonds. The van der Waals surface area contributed by atoms with Crippen LogP contribution in [0.1, 0.15) is 44.2 Å². The molecule has 3 fully saturated rings. The summed E-state index contributed by atoms with van der Waals surface area (Å²) in [6, 6.07) is 5.64. The van der Waals surface area contributed by atoms with Crippen LogP contribution in [0.25, 0.3) is 0 Å². The standard InChI is InChI=1S/C30H39FN6O2S/c1-35(15-10-20-7-4-5-11-33-20)30(39)22-18-37-24-8-2-3-9-25(24)40-29-26(23(31)17-21(27(29)37)28(22)38)34-12-6-14-36-16-13-32-19-36/h4-5,7,11,13,16,18-19,21,23-27,29,34H,2-3,6,8-10,12,14-15,17H2,1H3. The number of nitrogens with one attached hydrogen (secondary N) is 1. The molecule has 40 heavy (non-hydrogen) atoms. The molecule has 7 unspecified atom stereocenters. The number of imidazole rings is 1. The molecule has 7 atom stereocenters. The number of hydrogen-bond donors (Lipinski definition) is 1. The van der Waals surface area contributed by atoms with Gasteiger partial charge in [-0.05, 0) is 44.4 Å². The molecule has 10 heteroatoms. The van der Waals surface area contributed by atoms with E-state index in [9.17, 15) is 9.59 Å². The normalized spacial score (nSPS) is 31.2. The molecule has 2 aliphatic carbocycles. The van der Waals surface area contributed by atoms with Gasteiger partial charge in [-0.3, -0.25) is 14.6 Å². The van der Waals surface area contributed by atoms with Crippen molar-refractivity contribution in [2.24, 2.45) is 5.92 Å². The van der Waals surface area contributed by atoms with Crippen molar-refractivity contribution in [2.45, 2.75) is 86.3 Å². The molecule has 214 valence electrons. The van der Waals surface area contributed by atoms with Crippen molar-refractivity contribution >= 4 is 23.5 Å². The van der Waals surface area contributed by atoms with E-state index in [1.165, 1.54) is 6.42 Å². The number of aromatic nitrogens is 3. The fourth-order valence-corrected chi connectivity index (χ4v) is 9.16. The van der Waals surface area contributed by atoms with Crippen LogP contribution in [0.4, 0.5) is 4.39 Å². The van der Waals surface area contributed by atoms with Gasteiger partial charge in [0.05, 0.1) is 24.0 Å². The SMILES string of the molecule is CN(CCc1ccccn1)C(=O)C1=CN2C3CCCCC3SC3C(NCCCn4ccnc4)C(F)CC(C1=O)C32. The van der Waals surface area contributed by atoms with E-state index < -0.39 is 12.1 Å². The molecule has 2 saturated carbocycles. The van der Waals surface area contributed by atoms with Crippen molar-refractivity contribution in [1.29, 1.82) is 0 Å². The number of carbonyl (C=O) groups is 2. The zero-order valence-corrected chi connectivity index (χ0v) is 23.9. The van der Waals surface area contributed by atoms with Crippen molar-refractivity contribution in [2.75, 3.05) is 20.1 Å². The van der Waals surface area contributed by atoms with E-state index >= 15 is 4.39 Å². The number of rotatable bonds is 9. The number of nitrogens with zero attached hydrogens (tertiary/aromatic N) is 5. The summed E-state index contributed by atoms with van der Waals surface area (Å²) in [5.74, 6) is -0.943. The third-order valence-corrected chi connectivity index (χ3v) is 10.9. The van der Waals surface area contributed by atoms with Gasteiger partial charge in [-0.15, -0.1) is 11.8 Å². The highest BCUT2D eigenvalue weighted by Crippen LogP contribution is 2.51. The third-order valence-electron chi connectivity index (χ3n) is 9.12. The maximum atomic E-state index is 15.9. The topological polar surface area (TPSA) is 83.4 Å². The van der Waals surface area contributed by atoms with Crippen LogP contribution in [0.2, 0.25) is 0 Å². The molecule has 1 saturated heterocycles. The van der Waals surface area contributed by atoms with Gasteiger partial charge >= 0.3 is 0 Å². The number of thioether (sulfide) groups is 1. The zero-order chi connectivity index (χ0) is 27.6. The summed E-state index contributed by atoms with van der Waals surface area (Å²) < 4.78 is 18.0. The smallest absolute Gasteiger partial charge is 0.258 e. The van der Waals surface area contributed by atoms with E-state index in [4.69, 9.17) is 0 Å². The van der Waals surface area contributed by atoms with Gasteiger partial charge in [-0.1, -0.05) is 18.9 Å². The second-order valence-corrected chi connectivity index (χ2v) is 13.0. The van der Waals surface area contributed by atoms with Gasteiger partial charge in [-0.2, -0.15) is 0 Å².